The summed E-state index contributed by atoms with van der Waals surface area (Å²) < 4.78 is 17.4. The molecule has 2 aliphatic rings. The maximum absolute atomic E-state index is 11.4. The van der Waals surface area contributed by atoms with Gasteiger partial charge in [0.15, 0.2) is 0 Å². The van der Waals surface area contributed by atoms with E-state index in [4.69, 9.17) is 14.2 Å². The highest BCUT2D eigenvalue weighted by molar-refractivity contribution is 5.78. The molecule has 0 radical (unpaired) electrons. The Morgan fingerprint density at radius 3 is 2.82 bits per heavy atom. The molecule has 0 aromatic heterocycles. The fourth-order valence-electron chi connectivity index (χ4n) is 3.83. The molecule has 28 heavy (non-hydrogen) atoms. The number of methoxy groups -OCH3 is 1. The Morgan fingerprint density at radius 1 is 1.21 bits per heavy atom. The second-order valence-electron chi connectivity index (χ2n) is 7.46. The minimum atomic E-state index is -0.250. The van der Waals surface area contributed by atoms with Gasteiger partial charge in [-0.15, -0.1) is 0 Å². The molecule has 6 nitrogen and oxygen atoms in total. The Balaban J connectivity index is 1.37. The van der Waals surface area contributed by atoms with Crippen molar-refractivity contribution in [3.05, 3.63) is 59.7 Å². The van der Waals surface area contributed by atoms with E-state index >= 15 is 0 Å². The van der Waals surface area contributed by atoms with Crippen molar-refractivity contribution < 1.29 is 19.0 Å². The maximum Gasteiger partial charge on any atom is 0.246 e. The number of nitrogens with one attached hydrogen (secondary N) is 1. The van der Waals surface area contributed by atoms with Gasteiger partial charge in [-0.05, 0) is 18.1 Å². The number of amides is 1. The normalized spacial score (nSPS) is 22.2. The van der Waals surface area contributed by atoms with E-state index in [1.165, 1.54) is 0 Å². The number of hydrogen-bond acceptors (Lipinski definition) is 5. The number of carbonyl (C=O) groups excluding carboxylic acids is 1. The molecule has 4 rings (SSSR count). The molecular weight excluding hydrogens is 356 g/mol. The van der Waals surface area contributed by atoms with Crippen LogP contribution in [0.4, 0.5) is 0 Å². The van der Waals surface area contributed by atoms with Gasteiger partial charge < -0.3 is 19.5 Å². The van der Waals surface area contributed by atoms with Crippen molar-refractivity contribution in [3.63, 3.8) is 0 Å². The van der Waals surface area contributed by atoms with Crippen LogP contribution in [-0.4, -0.2) is 49.8 Å². The van der Waals surface area contributed by atoms with E-state index in [-0.39, 0.29) is 18.1 Å². The number of hydrogen-bond donors (Lipinski definition) is 1. The Labute approximate surface area is 165 Å². The molecule has 6 heteroatoms. The molecular formula is C22H26N2O4. The topological polar surface area (TPSA) is 60.0 Å². The maximum atomic E-state index is 11.4. The zero-order valence-electron chi connectivity index (χ0n) is 16.1. The van der Waals surface area contributed by atoms with Crippen LogP contribution < -0.4 is 14.8 Å². The van der Waals surface area contributed by atoms with Crippen LogP contribution in [0.3, 0.4) is 0 Å². The Kier molecular flexibility index (Phi) is 5.50. The fourth-order valence-corrected chi connectivity index (χ4v) is 3.83. The van der Waals surface area contributed by atoms with Crippen molar-refractivity contribution >= 4 is 5.91 Å². The molecule has 1 amide bonds. The van der Waals surface area contributed by atoms with Crippen molar-refractivity contribution in [2.75, 3.05) is 33.4 Å². The highest BCUT2D eigenvalue weighted by atomic mass is 16.5. The molecule has 0 saturated carbocycles. The van der Waals surface area contributed by atoms with Gasteiger partial charge in [0, 0.05) is 37.8 Å². The number of likely N-dealkylation sites (tertiary alicyclic amines) is 1. The number of carbonyl (C=O) groups is 1. The minimum Gasteiger partial charge on any atom is -0.496 e. The molecule has 2 heterocycles. The fraction of sp³-hybridized carbons (Fsp3) is 0.409. The summed E-state index contributed by atoms with van der Waals surface area (Å²) in [5.41, 5.74) is 2.00. The molecule has 1 unspecified atom stereocenters. The number of rotatable bonds is 6. The van der Waals surface area contributed by atoms with E-state index in [0.717, 1.165) is 48.7 Å². The molecule has 2 aromatic rings. The molecule has 2 fully saturated rings. The molecule has 0 bridgehead atoms. The predicted molar refractivity (Wildman–Crippen MR) is 105 cm³/mol. The van der Waals surface area contributed by atoms with E-state index < -0.39 is 0 Å². The van der Waals surface area contributed by atoms with E-state index in [2.05, 4.69) is 16.3 Å². The second kappa shape index (κ2) is 8.20. The zero-order chi connectivity index (χ0) is 19.4. The summed E-state index contributed by atoms with van der Waals surface area (Å²) in [6.07, 6.45) is 0.924. The van der Waals surface area contributed by atoms with Gasteiger partial charge in [-0.1, -0.05) is 36.4 Å². The lowest BCUT2D eigenvalue weighted by atomic mass is 10.0. The van der Waals surface area contributed by atoms with Crippen LogP contribution in [0.1, 0.15) is 17.5 Å². The van der Waals surface area contributed by atoms with E-state index in [0.29, 0.717) is 13.2 Å². The highest BCUT2D eigenvalue weighted by Gasteiger charge is 2.42. The summed E-state index contributed by atoms with van der Waals surface area (Å²) in [6.45, 7) is 3.80. The first-order chi connectivity index (χ1) is 13.7. The number of benzene rings is 2. The summed E-state index contributed by atoms with van der Waals surface area (Å²) in [7, 11) is 1.69. The van der Waals surface area contributed by atoms with E-state index in [1.807, 2.05) is 42.5 Å². The van der Waals surface area contributed by atoms with Gasteiger partial charge in [-0.2, -0.15) is 0 Å². The molecule has 2 aromatic carbocycles. The average molecular weight is 382 g/mol. The van der Waals surface area contributed by atoms with E-state index in [1.54, 1.807) is 7.11 Å². The summed E-state index contributed by atoms with van der Waals surface area (Å²) in [5, 5.41) is 2.92. The number of ether oxygens (including phenoxy) is 3. The first-order valence-electron chi connectivity index (χ1n) is 9.62. The average Bonchev–Trinajstić information content (AvgIpc) is 3.13. The third-order valence-electron chi connectivity index (χ3n) is 5.41. The smallest absolute Gasteiger partial charge is 0.246 e. The summed E-state index contributed by atoms with van der Waals surface area (Å²) in [5.74, 6) is 1.59. The van der Waals surface area contributed by atoms with Gasteiger partial charge in [0.2, 0.25) is 5.91 Å². The molecule has 1 atom stereocenters. The standard InChI is InChI=1S/C22H26N2O4/c1-26-20-11-19(27-13-17-5-3-2-4-6-17)8-7-18(20)12-24-10-9-22(16-24)15-23-21(25)14-28-22/h2-8,11H,9-10,12-16H2,1H3,(H,23,25). The molecule has 1 N–H and O–H groups in total. The Bertz CT molecular complexity index is 815. The number of morpholine rings is 1. The second-order valence-corrected chi connectivity index (χ2v) is 7.46. The van der Waals surface area contributed by atoms with Crippen LogP contribution in [0.2, 0.25) is 0 Å². The third kappa shape index (κ3) is 4.29. The van der Waals surface area contributed by atoms with Crippen molar-refractivity contribution in [2.24, 2.45) is 0 Å². The molecule has 0 aliphatic carbocycles. The quantitative estimate of drug-likeness (QED) is 0.831. The molecule has 148 valence electrons. The van der Waals surface area contributed by atoms with Gasteiger partial charge in [0.1, 0.15) is 24.7 Å². The first-order valence-corrected chi connectivity index (χ1v) is 9.62. The monoisotopic (exact) mass is 382 g/mol. The van der Waals surface area contributed by atoms with Crippen LogP contribution in [0, 0.1) is 0 Å². The lowest BCUT2D eigenvalue weighted by Crippen LogP contribution is -2.53. The van der Waals surface area contributed by atoms with Crippen LogP contribution in [0.25, 0.3) is 0 Å². The first kappa shape index (κ1) is 18.8. The Hall–Kier alpha value is -2.57. The van der Waals surface area contributed by atoms with Crippen molar-refractivity contribution in [3.8, 4) is 11.5 Å². The lowest BCUT2D eigenvalue weighted by Gasteiger charge is -2.33. The van der Waals surface area contributed by atoms with Gasteiger partial charge in [-0.3, -0.25) is 9.69 Å². The predicted octanol–water partition coefficient (Wildman–Crippen LogP) is 2.37. The summed E-state index contributed by atoms with van der Waals surface area (Å²) in [6, 6.07) is 16.1. The van der Waals surface area contributed by atoms with Crippen LogP contribution >= 0.6 is 0 Å². The van der Waals surface area contributed by atoms with Gasteiger partial charge in [0.25, 0.3) is 0 Å². The van der Waals surface area contributed by atoms with Crippen LogP contribution in [0.15, 0.2) is 48.5 Å². The molecule has 2 saturated heterocycles. The van der Waals surface area contributed by atoms with Crippen molar-refractivity contribution in [1.82, 2.24) is 10.2 Å². The van der Waals surface area contributed by atoms with Gasteiger partial charge >= 0.3 is 0 Å². The van der Waals surface area contributed by atoms with Crippen LogP contribution in [-0.2, 0) is 22.7 Å². The lowest BCUT2D eigenvalue weighted by molar-refractivity contribution is -0.142. The van der Waals surface area contributed by atoms with Crippen molar-refractivity contribution in [2.45, 2.75) is 25.2 Å². The molecule has 2 aliphatic heterocycles. The summed E-state index contributed by atoms with van der Waals surface area (Å²) in [4.78, 5) is 13.7. The zero-order valence-corrected chi connectivity index (χ0v) is 16.1. The molecule has 1 spiro atoms. The largest absolute Gasteiger partial charge is 0.496 e. The minimum absolute atomic E-state index is 0.0307. The SMILES string of the molecule is COc1cc(OCc2ccccc2)ccc1CN1CCC2(CNC(=O)CO2)C1. The summed E-state index contributed by atoms with van der Waals surface area (Å²) >= 11 is 0. The number of nitrogens with zero attached hydrogens (tertiary/aromatic N) is 1. The van der Waals surface area contributed by atoms with E-state index in [9.17, 15) is 4.79 Å². The van der Waals surface area contributed by atoms with Crippen LogP contribution in [0.5, 0.6) is 11.5 Å². The highest BCUT2D eigenvalue weighted by Crippen LogP contribution is 2.31. The Morgan fingerprint density at radius 2 is 2.07 bits per heavy atom. The van der Waals surface area contributed by atoms with Gasteiger partial charge in [0.05, 0.1) is 12.7 Å². The van der Waals surface area contributed by atoms with Crippen molar-refractivity contribution in [1.29, 1.82) is 0 Å². The third-order valence-corrected chi connectivity index (χ3v) is 5.41. The van der Waals surface area contributed by atoms with Gasteiger partial charge in [-0.25, -0.2) is 0 Å².